The zero-order valence-electron chi connectivity index (χ0n) is 15.2. The molecule has 12 heteroatoms. The number of carbonyl (C=O) groups is 5. The van der Waals surface area contributed by atoms with Crippen LogP contribution in [0.25, 0.3) is 0 Å². The van der Waals surface area contributed by atoms with E-state index in [1.807, 2.05) is 0 Å². The van der Waals surface area contributed by atoms with E-state index >= 15 is 0 Å². The Morgan fingerprint density at radius 2 is 1.59 bits per heavy atom. The first-order valence-corrected chi connectivity index (χ1v) is 8.22. The zero-order valence-corrected chi connectivity index (χ0v) is 15.2. The highest BCUT2D eigenvalue weighted by atomic mass is 16.4. The highest BCUT2D eigenvalue weighted by Gasteiger charge is 2.28. The summed E-state index contributed by atoms with van der Waals surface area (Å²) in [5.41, 5.74) is 10.3. The van der Waals surface area contributed by atoms with Crippen molar-refractivity contribution in [2.75, 3.05) is 13.2 Å². The molecule has 27 heavy (non-hydrogen) atoms. The van der Waals surface area contributed by atoms with Gasteiger partial charge in [0.15, 0.2) is 0 Å². The summed E-state index contributed by atoms with van der Waals surface area (Å²) in [4.78, 5) is 57.9. The summed E-state index contributed by atoms with van der Waals surface area (Å²) >= 11 is 0. The molecule has 9 N–H and O–H groups in total. The second-order valence-corrected chi connectivity index (χ2v) is 6.33. The number of carboxylic acids is 1. The molecule has 3 atom stereocenters. The van der Waals surface area contributed by atoms with Crippen molar-refractivity contribution in [2.24, 2.45) is 17.4 Å². The Labute approximate surface area is 156 Å². The number of carbonyl (C=O) groups excluding carboxylic acids is 4. The first-order chi connectivity index (χ1) is 12.5. The van der Waals surface area contributed by atoms with Crippen LogP contribution in [-0.2, 0) is 24.0 Å². The van der Waals surface area contributed by atoms with Gasteiger partial charge in [-0.1, -0.05) is 13.8 Å². The van der Waals surface area contributed by atoms with Crippen LogP contribution in [-0.4, -0.2) is 71.1 Å². The molecule has 0 rings (SSSR count). The Hall–Kier alpha value is -2.73. The first kappa shape index (κ1) is 24.3. The molecule has 3 unspecified atom stereocenters. The summed E-state index contributed by atoms with van der Waals surface area (Å²) in [5.74, 6) is -4.68. The van der Waals surface area contributed by atoms with Gasteiger partial charge in [-0.2, -0.15) is 0 Å². The predicted molar refractivity (Wildman–Crippen MR) is 92.8 cm³/mol. The second kappa shape index (κ2) is 11.8. The summed E-state index contributed by atoms with van der Waals surface area (Å²) in [6, 6.07) is -3.82. The van der Waals surface area contributed by atoms with Crippen molar-refractivity contribution in [2.45, 2.75) is 44.8 Å². The molecule has 0 spiro atoms. The molecule has 0 saturated carbocycles. The van der Waals surface area contributed by atoms with Crippen LogP contribution in [0.4, 0.5) is 0 Å². The fourth-order valence-electron chi connectivity index (χ4n) is 2.00. The Morgan fingerprint density at radius 3 is 2.04 bits per heavy atom. The van der Waals surface area contributed by atoms with Crippen LogP contribution < -0.4 is 27.4 Å². The van der Waals surface area contributed by atoms with E-state index in [0.29, 0.717) is 0 Å². The summed E-state index contributed by atoms with van der Waals surface area (Å²) in [6.07, 6.45) is -0.414. The maximum absolute atomic E-state index is 12.3. The number of nitrogens with one attached hydrogen (secondary N) is 3. The van der Waals surface area contributed by atoms with Crippen LogP contribution in [0.3, 0.4) is 0 Å². The van der Waals surface area contributed by atoms with Crippen LogP contribution in [0.1, 0.15) is 26.7 Å². The lowest BCUT2D eigenvalue weighted by Crippen LogP contribution is -2.55. The highest BCUT2D eigenvalue weighted by molar-refractivity contribution is 5.94. The van der Waals surface area contributed by atoms with Gasteiger partial charge < -0.3 is 37.6 Å². The van der Waals surface area contributed by atoms with E-state index in [0.717, 1.165) is 0 Å². The number of nitrogens with two attached hydrogens (primary N) is 2. The van der Waals surface area contributed by atoms with Gasteiger partial charge in [-0.05, 0) is 12.3 Å². The van der Waals surface area contributed by atoms with E-state index in [2.05, 4.69) is 16.0 Å². The second-order valence-electron chi connectivity index (χ2n) is 6.33. The maximum atomic E-state index is 12.3. The van der Waals surface area contributed by atoms with Crippen molar-refractivity contribution >= 4 is 29.6 Å². The van der Waals surface area contributed by atoms with Crippen molar-refractivity contribution < 1.29 is 34.2 Å². The van der Waals surface area contributed by atoms with Gasteiger partial charge in [0.1, 0.15) is 18.1 Å². The minimum Gasteiger partial charge on any atom is -0.480 e. The van der Waals surface area contributed by atoms with Crippen LogP contribution >= 0.6 is 0 Å². The van der Waals surface area contributed by atoms with Crippen LogP contribution in [0, 0.1) is 5.92 Å². The lowest BCUT2D eigenvalue weighted by molar-refractivity contribution is -0.142. The topological polar surface area (TPSA) is 214 Å². The van der Waals surface area contributed by atoms with Crippen LogP contribution in [0.5, 0.6) is 0 Å². The number of aliphatic hydroxyl groups is 1. The molecule has 0 aliphatic carbocycles. The normalized spacial score (nSPS) is 14.0. The quantitative estimate of drug-likeness (QED) is 0.176. The number of hydrogen-bond donors (Lipinski definition) is 7. The van der Waals surface area contributed by atoms with E-state index in [1.54, 1.807) is 13.8 Å². The van der Waals surface area contributed by atoms with Crippen molar-refractivity contribution in [1.29, 1.82) is 0 Å². The minimum absolute atomic E-state index is 0.0264. The highest BCUT2D eigenvalue weighted by Crippen LogP contribution is 2.06. The SMILES string of the molecule is CC(C)CC(NC(=O)C(CC(N)=O)NC(=O)CNC(=O)C(N)CO)C(=O)O. The van der Waals surface area contributed by atoms with E-state index in [1.165, 1.54) is 0 Å². The molecule has 12 nitrogen and oxygen atoms in total. The third-order valence-corrected chi connectivity index (χ3v) is 3.34. The molecule has 0 aliphatic rings. The van der Waals surface area contributed by atoms with Crippen molar-refractivity contribution in [3.63, 3.8) is 0 Å². The monoisotopic (exact) mass is 389 g/mol. The van der Waals surface area contributed by atoms with E-state index in [4.69, 9.17) is 21.7 Å². The maximum Gasteiger partial charge on any atom is 0.326 e. The molecule has 0 aromatic rings. The standard InChI is InChI=1S/C15H27N5O7/c1-7(2)3-10(15(26)27)20-14(25)9(4-11(17)22)19-12(23)5-18-13(24)8(16)6-21/h7-10,21H,3-6,16H2,1-2H3,(H2,17,22)(H,18,24)(H,19,23)(H,20,25)(H,26,27). The molecular formula is C15H27N5O7. The molecule has 154 valence electrons. The van der Waals surface area contributed by atoms with Gasteiger partial charge in [0.05, 0.1) is 19.6 Å². The predicted octanol–water partition coefficient (Wildman–Crippen LogP) is -3.60. The summed E-state index contributed by atoms with van der Waals surface area (Å²) in [6.45, 7) is 2.35. The largest absolute Gasteiger partial charge is 0.480 e. The molecule has 0 aliphatic heterocycles. The van der Waals surface area contributed by atoms with Gasteiger partial charge in [-0.15, -0.1) is 0 Å². The Morgan fingerprint density at radius 1 is 1.00 bits per heavy atom. The summed E-state index contributed by atoms with van der Waals surface area (Å²) < 4.78 is 0. The first-order valence-electron chi connectivity index (χ1n) is 8.22. The molecule has 0 aromatic carbocycles. The van der Waals surface area contributed by atoms with Gasteiger partial charge >= 0.3 is 5.97 Å². The number of aliphatic carboxylic acids is 1. The van der Waals surface area contributed by atoms with E-state index in [-0.39, 0.29) is 12.3 Å². The van der Waals surface area contributed by atoms with Crippen molar-refractivity contribution in [1.82, 2.24) is 16.0 Å². The van der Waals surface area contributed by atoms with Gasteiger partial charge in [0.2, 0.25) is 23.6 Å². The number of carboxylic acid groups (broad SMARTS) is 1. The Kier molecular flexibility index (Phi) is 10.6. The third kappa shape index (κ3) is 10.1. The lowest BCUT2D eigenvalue weighted by Gasteiger charge is -2.21. The van der Waals surface area contributed by atoms with Crippen molar-refractivity contribution in [3.8, 4) is 0 Å². The van der Waals surface area contributed by atoms with Crippen LogP contribution in [0.2, 0.25) is 0 Å². The van der Waals surface area contributed by atoms with Gasteiger partial charge in [0.25, 0.3) is 0 Å². The summed E-state index contributed by atoms with van der Waals surface area (Å²) in [5, 5.41) is 24.5. The van der Waals surface area contributed by atoms with Crippen LogP contribution in [0.15, 0.2) is 0 Å². The molecule has 0 radical (unpaired) electrons. The average molecular weight is 389 g/mol. The average Bonchev–Trinajstić information content (AvgIpc) is 2.56. The Bertz CT molecular complexity index is 567. The third-order valence-electron chi connectivity index (χ3n) is 3.34. The minimum atomic E-state index is -1.41. The molecule has 0 aromatic heterocycles. The molecule has 0 fully saturated rings. The van der Waals surface area contributed by atoms with Gasteiger partial charge in [-0.25, -0.2) is 4.79 Å². The van der Waals surface area contributed by atoms with Crippen molar-refractivity contribution in [3.05, 3.63) is 0 Å². The van der Waals surface area contributed by atoms with E-state index < -0.39 is 67.3 Å². The van der Waals surface area contributed by atoms with Gasteiger partial charge in [-0.3, -0.25) is 19.2 Å². The lowest BCUT2D eigenvalue weighted by atomic mass is 10.0. The number of hydrogen-bond acceptors (Lipinski definition) is 7. The number of rotatable bonds is 12. The summed E-state index contributed by atoms with van der Waals surface area (Å²) in [7, 11) is 0. The molecular weight excluding hydrogens is 362 g/mol. The number of amides is 4. The number of primary amides is 1. The molecule has 0 heterocycles. The van der Waals surface area contributed by atoms with E-state index in [9.17, 15) is 24.0 Å². The zero-order chi connectivity index (χ0) is 21.1. The fraction of sp³-hybridized carbons (Fsp3) is 0.667. The Balaban J connectivity index is 4.92. The van der Waals surface area contributed by atoms with Gasteiger partial charge in [0, 0.05) is 0 Å². The smallest absolute Gasteiger partial charge is 0.326 e. The molecule has 0 saturated heterocycles. The number of aliphatic hydroxyl groups excluding tert-OH is 1. The fourth-order valence-corrected chi connectivity index (χ4v) is 2.00. The molecule has 4 amide bonds. The molecule has 0 bridgehead atoms.